The Morgan fingerprint density at radius 1 is 1.19 bits per heavy atom. The maximum atomic E-state index is 6.07. The third-order valence-corrected chi connectivity index (χ3v) is 3.96. The minimum atomic E-state index is 0. The molecule has 0 atom stereocenters. The molecule has 27 heavy (non-hydrogen) atoms. The molecule has 0 bridgehead atoms. The van der Waals surface area contributed by atoms with Gasteiger partial charge in [0.2, 0.25) is 0 Å². The molecule has 0 saturated heterocycles. The number of para-hydroxylation sites is 1. The van der Waals surface area contributed by atoms with E-state index in [2.05, 4.69) is 25.8 Å². The van der Waals surface area contributed by atoms with Crippen molar-refractivity contribution in [2.45, 2.75) is 13.5 Å². The Morgan fingerprint density at radius 3 is 2.52 bits per heavy atom. The van der Waals surface area contributed by atoms with Gasteiger partial charge < -0.3 is 24.7 Å². The van der Waals surface area contributed by atoms with Gasteiger partial charge in [-0.1, -0.05) is 23.7 Å². The van der Waals surface area contributed by atoms with Crippen LogP contribution in [0.2, 0.25) is 5.02 Å². The smallest absolute Gasteiger partial charge is 0.191 e. The number of nitrogens with zero attached hydrogens (tertiary/aromatic N) is 4. The number of guanidine groups is 1. The van der Waals surface area contributed by atoms with E-state index in [-0.39, 0.29) is 24.0 Å². The molecule has 1 heterocycles. The summed E-state index contributed by atoms with van der Waals surface area (Å²) in [5, 5.41) is 15.2. The van der Waals surface area contributed by atoms with Crippen LogP contribution >= 0.6 is 35.6 Å². The predicted molar refractivity (Wildman–Crippen MR) is 117 cm³/mol. The number of halogens is 2. The molecule has 2 N–H and O–H groups in total. The molecule has 0 radical (unpaired) electrons. The van der Waals surface area contributed by atoms with Gasteiger partial charge in [0.05, 0.1) is 18.2 Å². The number of rotatable bonds is 9. The zero-order valence-electron chi connectivity index (χ0n) is 15.7. The zero-order valence-corrected chi connectivity index (χ0v) is 18.8. The Labute approximate surface area is 181 Å². The molecule has 0 fully saturated rings. The van der Waals surface area contributed by atoms with E-state index in [1.165, 1.54) is 0 Å². The van der Waals surface area contributed by atoms with Crippen molar-refractivity contribution in [2.75, 3.05) is 33.4 Å². The monoisotopic (exact) mass is 508 g/mol. The van der Waals surface area contributed by atoms with E-state index in [1.807, 2.05) is 36.7 Å². The molecule has 0 aliphatic carbocycles. The van der Waals surface area contributed by atoms with Crippen molar-refractivity contribution < 1.29 is 9.47 Å². The second-order valence-corrected chi connectivity index (χ2v) is 5.92. The van der Waals surface area contributed by atoms with Crippen molar-refractivity contribution in [3.05, 3.63) is 40.9 Å². The molecule has 0 aliphatic rings. The minimum absolute atomic E-state index is 0. The highest BCUT2D eigenvalue weighted by molar-refractivity contribution is 14.0. The van der Waals surface area contributed by atoms with Gasteiger partial charge in [-0.3, -0.25) is 0 Å². The number of ether oxygens (including phenoxy) is 2. The number of hydrogen-bond acceptors (Lipinski definition) is 5. The molecular weight excluding hydrogens is 483 g/mol. The Morgan fingerprint density at radius 2 is 1.89 bits per heavy atom. The second-order valence-electron chi connectivity index (χ2n) is 5.51. The summed E-state index contributed by atoms with van der Waals surface area (Å²) in [5.41, 5.74) is 0. The van der Waals surface area contributed by atoms with Crippen molar-refractivity contribution >= 4 is 41.5 Å². The van der Waals surface area contributed by atoms with E-state index >= 15 is 0 Å². The fourth-order valence-corrected chi connectivity index (χ4v) is 2.27. The standard InChI is InChI=1S/C17H25ClN6O2.HI/c1-13-22-23-16(24(13)2)12-21-17(19-8-10-25-3)20-9-11-26-15-7-5-4-6-14(15)18;/h4-7H,8-12H2,1-3H3,(H2,19,20,21);1H. The average Bonchev–Trinajstić information content (AvgIpc) is 2.96. The van der Waals surface area contributed by atoms with Gasteiger partial charge in [-0.25, -0.2) is 4.99 Å². The first-order valence-corrected chi connectivity index (χ1v) is 8.73. The first-order valence-electron chi connectivity index (χ1n) is 8.35. The number of benzene rings is 1. The van der Waals surface area contributed by atoms with Gasteiger partial charge >= 0.3 is 0 Å². The number of hydrogen-bond donors (Lipinski definition) is 2. The second kappa shape index (κ2) is 12.7. The van der Waals surface area contributed by atoms with Crippen molar-refractivity contribution in [1.82, 2.24) is 25.4 Å². The Kier molecular flexibility index (Phi) is 11.1. The third kappa shape index (κ3) is 7.89. The van der Waals surface area contributed by atoms with Crippen LogP contribution in [-0.2, 0) is 18.3 Å². The largest absolute Gasteiger partial charge is 0.490 e. The third-order valence-electron chi connectivity index (χ3n) is 3.65. The topological polar surface area (TPSA) is 85.6 Å². The van der Waals surface area contributed by atoms with E-state index in [9.17, 15) is 0 Å². The lowest BCUT2D eigenvalue weighted by Gasteiger charge is -2.13. The molecule has 0 aliphatic heterocycles. The zero-order chi connectivity index (χ0) is 18.8. The molecule has 0 amide bonds. The van der Waals surface area contributed by atoms with E-state index in [4.69, 9.17) is 21.1 Å². The van der Waals surface area contributed by atoms with Crippen LogP contribution < -0.4 is 15.4 Å². The maximum Gasteiger partial charge on any atom is 0.191 e. The highest BCUT2D eigenvalue weighted by atomic mass is 127. The molecule has 2 rings (SSSR count). The first kappa shape index (κ1) is 23.4. The summed E-state index contributed by atoms with van der Waals surface area (Å²) in [6, 6.07) is 7.39. The summed E-state index contributed by atoms with van der Waals surface area (Å²) in [6.45, 7) is 4.58. The SMILES string of the molecule is COCCNC(=NCc1nnc(C)n1C)NCCOc1ccccc1Cl.I. The Bertz CT molecular complexity index is 725. The van der Waals surface area contributed by atoms with E-state index < -0.39 is 0 Å². The highest BCUT2D eigenvalue weighted by Crippen LogP contribution is 2.22. The summed E-state index contributed by atoms with van der Waals surface area (Å²) < 4.78 is 12.6. The maximum absolute atomic E-state index is 6.07. The lowest BCUT2D eigenvalue weighted by Crippen LogP contribution is -2.40. The van der Waals surface area contributed by atoms with Crippen molar-refractivity contribution in [3.63, 3.8) is 0 Å². The molecule has 10 heteroatoms. The van der Waals surface area contributed by atoms with Crippen LogP contribution in [0, 0.1) is 6.92 Å². The van der Waals surface area contributed by atoms with Crippen LogP contribution in [-0.4, -0.2) is 54.1 Å². The van der Waals surface area contributed by atoms with Gasteiger partial charge in [0, 0.05) is 20.7 Å². The Balaban J connectivity index is 0.00000364. The molecule has 1 aromatic heterocycles. The summed E-state index contributed by atoms with van der Waals surface area (Å²) >= 11 is 6.07. The number of aliphatic imine (C=N–C) groups is 1. The number of aromatic nitrogens is 3. The lowest BCUT2D eigenvalue weighted by atomic mass is 10.3. The normalized spacial score (nSPS) is 11.0. The lowest BCUT2D eigenvalue weighted by molar-refractivity contribution is 0.203. The van der Waals surface area contributed by atoms with Crippen LogP contribution in [0.1, 0.15) is 11.6 Å². The van der Waals surface area contributed by atoms with Crippen molar-refractivity contribution in [3.8, 4) is 5.75 Å². The van der Waals surface area contributed by atoms with Crippen LogP contribution in [0.3, 0.4) is 0 Å². The van der Waals surface area contributed by atoms with Crippen LogP contribution in [0.5, 0.6) is 5.75 Å². The summed E-state index contributed by atoms with van der Waals surface area (Å²) in [6.07, 6.45) is 0. The molecule has 2 aromatic rings. The van der Waals surface area contributed by atoms with Crippen LogP contribution in [0.25, 0.3) is 0 Å². The van der Waals surface area contributed by atoms with Crippen LogP contribution in [0.4, 0.5) is 0 Å². The van der Waals surface area contributed by atoms with E-state index in [0.29, 0.717) is 49.6 Å². The van der Waals surface area contributed by atoms with Gasteiger partial charge in [-0.15, -0.1) is 34.2 Å². The quantitative estimate of drug-likeness (QED) is 0.234. The number of aryl methyl sites for hydroxylation is 1. The summed E-state index contributed by atoms with van der Waals surface area (Å²) in [7, 11) is 3.58. The highest BCUT2D eigenvalue weighted by Gasteiger charge is 2.05. The molecule has 150 valence electrons. The van der Waals surface area contributed by atoms with Gasteiger partial charge in [-0.05, 0) is 19.1 Å². The first-order chi connectivity index (χ1) is 12.6. The average molecular weight is 509 g/mol. The molecule has 8 nitrogen and oxygen atoms in total. The van der Waals surface area contributed by atoms with Gasteiger partial charge in [-0.2, -0.15) is 0 Å². The predicted octanol–water partition coefficient (Wildman–Crippen LogP) is 2.16. The summed E-state index contributed by atoms with van der Waals surface area (Å²) in [4.78, 5) is 4.54. The van der Waals surface area contributed by atoms with Crippen LogP contribution in [0.15, 0.2) is 29.3 Å². The fraction of sp³-hybridized carbons (Fsp3) is 0.471. The van der Waals surface area contributed by atoms with Gasteiger partial charge in [0.25, 0.3) is 0 Å². The number of nitrogens with one attached hydrogen (secondary N) is 2. The van der Waals surface area contributed by atoms with E-state index in [1.54, 1.807) is 13.2 Å². The fourth-order valence-electron chi connectivity index (χ4n) is 2.08. The van der Waals surface area contributed by atoms with Crippen molar-refractivity contribution in [1.29, 1.82) is 0 Å². The molecule has 0 spiro atoms. The molecule has 0 unspecified atom stereocenters. The number of methoxy groups -OCH3 is 1. The molecule has 0 saturated carbocycles. The van der Waals surface area contributed by atoms with Gasteiger partial charge in [0.15, 0.2) is 11.8 Å². The van der Waals surface area contributed by atoms with E-state index in [0.717, 1.165) is 11.6 Å². The molecular formula is C17H26ClIN6O2. The Hall–Kier alpha value is -1.59. The molecule has 1 aromatic carbocycles. The minimum Gasteiger partial charge on any atom is -0.490 e. The van der Waals surface area contributed by atoms with Gasteiger partial charge in [0.1, 0.15) is 24.7 Å². The summed E-state index contributed by atoms with van der Waals surface area (Å²) in [5.74, 6) is 2.97. The van der Waals surface area contributed by atoms with Crippen molar-refractivity contribution in [2.24, 2.45) is 12.0 Å².